The quantitative estimate of drug-likeness (QED) is 0.453. The SMILES string of the molecule is CNC(=O)c1cc2[nH]c(-c3ccccc3)nc2cc1NC(=O)c1cc(C)n(C(C)(C)C)n1. The van der Waals surface area contributed by atoms with Crippen LogP contribution in [0.25, 0.3) is 22.4 Å². The molecular weight excluding hydrogens is 404 g/mol. The minimum atomic E-state index is -0.389. The number of nitrogens with one attached hydrogen (secondary N) is 3. The van der Waals surface area contributed by atoms with Gasteiger partial charge < -0.3 is 15.6 Å². The molecule has 0 aliphatic heterocycles. The highest BCUT2D eigenvalue weighted by atomic mass is 16.2. The predicted molar refractivity (Wildman–Crippen MR) is 125 cm³/mol. The molecule has 4 aromatic rings. The van der Waals surface area contributed by atoms with Gasteiger partial charge in [-0.3, -0.25) is 14.3 Å². The number of hydrogen-bond acceptors (Lipinski definition) is 4. The van der Waals surface area contributed by atoms with Gasteiger partial charge in [0.2, 0.25) is 0 Å². The van der Waals surface area contributed by atoms with E-state index in [4.69, 9.17) is 0 Å². The van der Waals surface area contributed by atoms with Crippen LogP contribution in [0, 0.1) is 6.92 Å². The van der Waals surface area contributed by atoms with Crippen LogP contribution in [-0.4, -0.2) is 38.6 Å². The summed E-state index contributed by atoms with van der Waals surface area (Å²) in [5.74, 6) is -0.0136. The summed E-state index contributed by atoms with van der Waals surface area (Å²) < 4.78 is 1.81. The molecule has 0 atom stereocenters. The molecule has 4 rings (SSSR count). The van der Waals surface area contributed by atoms with Gasteiger partial charge in [-0.1, -0.05) is 30.3 Å². The van der Waals surface area contributed by atoms with Gasteiger partial charge in [0, 0.05) is 18.3 Å². The summed E-state index contributed by atoms with van der Waals surface area (Å²) in [5, 5.41) is 9.93. The zero-order chi connectivity index (χ0) is 23.0. The van der Waals surface area contributed by atoms with Crippen molar-refractivity contribution in [1.82, 2.24) is 25.1 Å². The number of H-pyrrole nitrogens is 1. The molecule has 2 aromatic carbocycles. The highest BCUT2D eigenvalue weighted by Crippen LogP contribution is 2.27. The topological polar surface area (TPSA) is 105 Å². The number of aromatic nitrogens is 4. The molecule has 0 radical (unpaired) electrons. The molecule has 0 saturated heterocycles. The maximum atomic E-state index is 13.0. The largest absolute Gasteiger partial charge is 0.355 e. The first-order valence-electron chi connectivity index (χ1n) is 10.4. The molecular formula is C24H26N6O2. The monoisotopic (exact) mass is 430 g/mol. The zero-order valence-electron chi connectivity index (χ0n) is 18.8. The molecule has 164 valence electrons. The number of anilines is 1. The van der Waals surface area contributed by atoms with Crippen LogP contribution < -0.4 is 10.6 Å². The molecule has 2 heterocycles. The number of carbonyl (C=O) groups excluding carboxylic acids is 2. The van der Waals surface area contributed by atoms with Crippen LogP contribution in [0.5, 0.6) is 0 Å². The molecule has 8 nitrogen and oxygen atoms in total. The molecule has 2 aromatic heterocycles. The maximum absolute atomic E-state index is 13.0. The van der Waals surface area contributed by atoms with Gasteiger partial charge in [0.1, 0.15) is 5.82 Å². The molecule has 0 spiro atoms. The lowest BCUT2D eigenvalue weighted by molar-refractivity contribution is 0.0964. The van der Waals surface area contributed by atoms with E-state index >= 15 is 0 Å². The van der Waals surface area contributed by atoms with Gasteiger partial charge in [-0.2, -0.15) is 5.10 Å². The Bertz CT molecular complexity index is 1310. The number of nitrogens with zero attached hydrogens (tertiary/aromatic N) is 3. The number of rotatable bonds is 4. The number of carbonyl (C=O) groups is 2. The maximum Gasteiger partial charge on any atom is 0.276 e. The molecule has 32 heavy (non-hydrogen) atoms. The average molecular weight is 431 g/mol. The van der Waals surface area contributed by atoms with Crippen molar-refractivity contribution in [2.45, 2.75) is 33.2 Å². The molecule has 0 bridgehead atoms. The molecule has 2 amide bonds. The fourth-order valence-corrected chi connectivity index (χ4v) is 3.67. The predicted octanol–water partition coefficient (Wildman–Crippen LogP) is 4.10. The fourth-order valence-electron chi connectivity index (χ4n) is 3.67. The third-order valence-electron chi connectivity index (χ3n) is 5.14. The Kier molecular flexibility index (Phi) is 5.30. The molecule has 0 aliphatic rings. The van der Waals surface area contributed by atoms with Gasteiger partial charge in [-0.05, 0) is 45.9 Å². The first-order valence-corrected chi connectivity index (χ1v) is 10.4. The van der Waals surface area contributed by atoms with E-state index in [0.29, 0.717) is 28.1 Å². The van der Waals surface area contributed by atoms with Gasteiger partial charge in [-0.15, -0.1) is 0 Å². The lowest BCUT2D eigenvalue weighted by atomic mass is 10.1. The van der Waals surface area contributed by atoms with Gasteiger partial charge >= 0.3 is 0 Å². The third-order valence-corrected chi connectivity index (χ3v) is 5.14. The van der Waals surface area contributed by atoms with Crippen molar-refractivity contribution in [2.24, 2.45) is 0 Å². The number of imidazole rings is 1. The van der Waals surface area contributed by atoms with Crippen molar-refractivity contribution >= 4 is 28.5 Å². The number of aryl methyl sites for hydroxylation is 1. The fraction of sp³-hybridized carbons (Fsp3) is 0.250. The van der Waals surface area contributed by atoms with E-state index in [9.17, 15) is 9.59 Å². The highest BCUT2D eigenvalue weighted by Gasteiger charge is 2.22. The van der Waals surface area contributed by atoms with Crippen LogP contribution in [-0.2, 0) is 5.54 Å². The van der Waals surface area contributed by atoms with E-state index < -0.39 is 0 Å². The minimum absolute atomic E-state index is 0.252. The van der Waals surface area contributed by atoms with Crippen LogP contribution in [0.3, 0.4) is 0 Å². The van der Waals surface area contributed by atoms with E-state index in [1.165, 1.54) is 0 Å². The second-order valence-electron chi connectivity index (χ2n) is 8.65. The summed E-state index contributed by atoms with van der Waals surface area (Å²) in [5.41, 5.74) is 3.89. The Morgan fingerprint density at radius 2 is 1.75 bits per heavy atom. The molecule has 8 heteroatoms. The van der Waals surface area contributed by atoms with Crippen molar-refractivity contribution in [3.8, 4) is 11.4 Å². The second kappa shape index (κ2) is 7.96. The van der Waals surface area contributed by atoms with Crippen LogP contribution in [0.1, 0.15) is 47.3 Å². The molecule has 3 N–H and O–H groups in total. The van der Waals surface area contributed by atoms with Gasteiger partial charge in [0.25, 0.3) is 11.8 Å². The van der Waals surface area contributed by atoms with Crippen molar-refractivity contribution in [1.29, 1.82) is 0 Å². The van der Waals surface area contributed by atoms with Crippen molar-refractivity contribution in [3.05, 3.63) is 65.5 Å². The molecule has 0 unspecified atom stereocenters. The van der Waals surface area contributed by atoms with Crippen molar-refractivity contribution in [3.63, 3.8) is 0 Å². The standard InChI is InChI=1S/C24H26N6O2/c1-14-11-20(29-30(14)24(2,3)4)23(32)28-17-13-19-18(12-16(17)22(31)25-5)26-21(27-19)15-9-7-6-8-10-15/h6-13H,1-5H3,(H,25,31)(H,26,27)(H,28,32). The Morgan fingerprint density at radius 3 is 2.38 bits per heavy atom. The second-order valence-corrected chi connectivity index (χ2v) is 8.65. The van der Waals surface area contributed by atoms with Gasteiger partial charge in [0.15, 0.2) is 5.69 Å². The molecule has 0 saturated carbocycles. The number of benzene rings is 2. The Labute approximate surface area is 186 Å². The summed E-state index contributed by atoms with van der Waals surface area (Å²) in [6.07, 6.45) is 0. The first-order chi connectivity index (χ1) is 15.2. The van der Waals surface area contributed by atoms with Crippen molar-refractivity contribution in [2.75, 3.05) is 12.4 Å². The van der Waals surface area contributed by atoms with Gasteiger partial charge in [-0.25, -0.2) is 4.98 Å². The minimum Gasteiger partial charge on any atom is -0.355 e. The first kappa shape index (κ1) is 21.3. The van der Waals surface area contributed by atoms with E-state index in [1.54, 1.807) is 25.2 Å². The molecule has 0 fully saturated rings. The summed E-state index contributed by atoms with van der Waals surface area (Å²) in [6, 6.07) is 14.8. The Morgan fingerprint density at radius 1 is 1.03 bits per heavy atom. The Hall–Kier alpha value is -3.94. The number of fused-ring (bicyclic) bond motifs is 1. The smallest absolute Gasteiger partial charge is 0.276 e. The Balaban J connectivity index is 1.73. The summed E-state index contributed by atoms with van der Waals surface area (Å²) >= 11 is 0. The lowest BCUT2D eigenvalue weighted by Gasteiger charge is -2.21. The van der Waals surface area contributed by atoms with Crippen LogP contribution in [0.4, 0.5) is 5.69 Å². The summed E-state index contributed by atoms with van der Waals surface area (Å²) in [4.78, 5) is 33.4. The zero-order valence-corrected chi connectivity index (χ0v) is 18.8. The van der Waals surface area contributed by atoms with Crippen LogP contribution in [0.15, 0.2) is 48.5 Å². The van der Waals surface area contributed by atoms with E-state index in [1.807, 2.05) is 62.7 Å². The highest BCUT2D eigenvalue weighted by molar-refractivity contribution is 6.10. The van der Waals surface area contributed by atoms with Crippen LogP contribution in [0.2, 0.25) is 0 Å². The normalized spacial score (nSPS) is 11.5. The number of hydrogen-bond donors (Lipinski definition) is 3. The number of aromatic amines is 1. The lowest BCUT2D eigenvalue weighted by Crippen LogP contribution is -2.25. The number of amides is 2. The average Bonchev–Trinajstić information content (AvgIpc) is 3.36. The summed E-state index contributed by atoms with van der Waals surface area (Å²) in [7, 11) is 1.55. The third kappa shape index (κ3) is 3.99. The van der Waals surface area contributed by atoms with Crippen molar-refractivity contribution < 1.29 is 9.59 Å². The van der Waals surface area contributed by atoms with E-state index in [2.05, 4.69) is 25.7 Å². The van der Waals surface area contributed by atoms with E-state index in [0.717, 1.165) is 11.3 Å². The summed E-state index contributed by atoms with van der Waals surface area (Å²) in [6.45, 7) is 7.97. The van der Waals surface area contributed by atoms with Crippen LogP contribution >= 0.6 is 0 Å². The van der Waals surface area contributed by atoms with E-state index in [-0.39, 0.29) is 23.0 Å². The van der Waals surface area contributed by atoms with Gasteiger partial charge in [0.05, 0.1) is 27.8 Å². The molecule has 0 aliphatic carbocycles.